The van der Waals surface area contributed by atoms with Gasteiger partial charge in [0.25, 0.3) is 0 Å². The second kappa shape index (κ2) is 7.75. The summed E-state index contributed by atoms with van der Waals surface area (Å²) in [5, 5.41) is 11.9. The standard InChI is InChI=1S/C27H33NO3/c1-18(19-8-4-3-5-9-19)28-31-25(29)20-12-14-22(15-13-20)27(30)24-17-26(27,2)16-21-10-6-7-11-23(21)24/h3-5,8-9,12-15,18,21,23-24,28,30H,6-7,10-11,16-17H2,1-2H3/q+1/t18?,21-,23+,24-,26-,27-/m0/s1. The Hall–Kier alpha value is -2.17. The summed E-state index contributed by atoms with van der Waals surface area (Å²) in [5.41, 5.74) is 4.52. The van der Waals surface area contributed by atoms with Gasteiger partial charge in [0.1, 0.15) is 5.56 Å². The Labute approximate surface area is 185 Å². The van der Waals surface area contributed by atoms with Crippen molar-refractivity contribution in [1.82, 2.24) is 5.48 Å². The molecule has 6 atom stereocenters. The minimum Gasteiger partial charge on any atom is -0.384 e. The van der Waals surface area contributed by atoms with Gasteiger partial charge in [0, 0.05) is 5.41 Å². The molecule has 3 aliphatic rings. The molecular weight excluding hydrogens is 386 g/mol. The van der Waals surface area contributed by atoms with Crippen molar-refractivity contribution in [3.8, 4) is 0 Å². The lowest BCUT2D eigenvalue weighted by molar-refractivity contribution is -0.284. The fourth-order valence-electron chi connectivity index (χ4n) is 6.84. The molecule has 31 heavy (non-hydrogen) atoms. The lowest BCUT2D eigenvalue weighted by Gasteiger charge is -2.69. The summed E-state index contributed by atoms with van der Waals surface area (Å²) in [6.07, 6.45) is 7.46. The highest BCUT2D eigenvalue weighted by molar-refractivity contribution is 5.89. The van der Waals surface area contributed by atoms with Crippen LogP contribution in [0.3, 0.4) is 0 Å². The van der Waals surface area contributed by atoms with Gasteiger partial charge in [-0.3, -0.25) is 0 Å². The number of hydrogen-bond acceptors (Lipinski definition) is 4. The third kappa shape index (κ3) is 3.32. The maximum atomic E-state index is 12.5. The highest BCUT2D eigenvalue weighted by Gasteiger charge is 2.69. The number of benzene rings is 2. The zero-order valence-electron chi connectivity index (χ0n) is 18.5. The molecule has 0 heterocycles. The minimum absolute atomic E-state index is 0.0507. The first-order chi connectivity index (χ1) is 14.9. The van der Waals surface area contributed by atoms with Gasteiger partial charge in [-0.2, -0.15) is 4.84 Å². The van der Waals surface area contributed by atoms with Crippen molar-refractivity contribution in [3.05, 3.63) is 71.3 Å². The van der Waals surface area contributed by atoms with Crippen LogP contribution in [0.5, 0.6) is 0 Å². The molecule has 2 aromatic carbocycles. The van der Waals surface area contributed by atoms with Crippen molar-refractivity contribution in [1.29, 1.82) is 0 Å². The van der Waals surface area contributed by atoms with Crippen LogP contribution < -0.4 is 5.48 Å². The molecule has 0 aromatic heterocycles. The van der Waals surface area contributed by atoms with Gasteiger partial charge in [-0.25, -0.2) is 0 Å². The third-order valence-corrected chi connectivity index (χ3v) is 8.51. The zero-order valence-corrected chi connectivity index (χ0v) is 18.5. The fraction of sp³-hybridized carbons (Fsp3) is 0.519. The highest BCUT2D eigenvalue weighted by atomic mass is 16.7. The Kier molecular flexibility index (Phi) is 5.18. The fourth-order valence-corrected chi connectivity index (χ4v) is 6.84. The first-order valence-electron chi connectivity index (χ1n) is 11.8. The molecule has 2 N–H and O–H groups in total. The summed E-state index contributed by atoms with van der Waals surface area (Å²) < 4.78 is 0. The molecule has 2 aromatic rings. The molecule has 4 nitrogen and oxygen atoms in total. The smallest absolute Gasteiger partial charge is 0.384 e. The molecule has 3 aliphatic carbocycles. The zero-order chi connectivity index (χ0) is 21.6. The molecule has 0 saturated heterocycles. The van der Waals surface area contributed by atoms with E-state index in [1.165, 1.54) is 25.7 Å². The van der Waals surface area contributed by atoms with Gasteiger partial charge < -0.3 is 5.11 Å². The average molecular weight is 420 g/mol. The largest absolute Gasteiger partial charge is 0.630 e. The van der Waals surface area contributed by atoms with Crippen LogP contribution in [0, 0.1) is 23.2 Å². The molecule has 5 rings (SSSR count). The van der Waals surface area contributed by atoms with E-state index in [0.717, 1.165) is 29.9 Å². The van der Waals surface area contributed by atoms with E-state index in [4.69, 9.17) is 4.84 Å². The van der Waals surface area contributed by atoms with Crippen LogP contribution >= 0.6 is 0 Å². The first-order valence-corrected chi connectivity index (χ1v) is 11.8. The molecule has 1 unspecified atom stereocenters. The van der Waals surface area contributed by atoms with E-state index in [1.54, 1.807) is 12.1 Å². The number of hydroxylamine groups is 1. The van der Waals surface area contributed by atoms with E-state index in [0.29, 0.717) is 17.4 Å². The summed E-state index contributed by atoms with van der Waals surface area (Å²) in [4.78, 5) is 17.8. The molecule has 3 saturated carbocycles. The number of fused-ring (bicyclic) bond motifs is 4. The van der Waals surface area contributed by atoms with E-state index in [-0.39, 0.29) is 11.5 Å². The Bertz CT molecular complexity index is 943. The third-order valence-electron chi connectivity index (χ3n) is 8.51. The van der Waals surface area contributed by atoms with Gasteiger partial charge >= 0.3 is 5.97 Å². The predicted molar refractivity (Wildman–Crippen MR) is 120 cm³/mol. The van der Waals surface area contributed by atoms with Crippen LogP contribution in [0.1, 0.15) is 79.9 Å². The van der Waals surface area contributed by atoms with E-state index in [9.17, 15) is 9.90 Å². The lowest BCUT2D eigenvalue weighted by Crippen LogP contribution is -2.67. The van der Waals surface area contributed by atoms with Crippen LogP contribution in [0.2, 0.25) is 0 Å². The van der Waals surface area contributed by atoms with Gasteiger partial charge in [0.2, 0.25) is 0 Å². The monoisotopic (exact) mass is 419 g/mol. The number of rotatable bonds is 5. The van der Waals surface area contributed by atoms with Crippen molar-refractivity contribution >= 4 is 5.97 Å². The Morgan fingerprint density at radius 2 is 1.77 bits per heavy atom. The second-order valence-corrected chi connectivity index (χ2v) is 10.3. The SMILES string of the molecule is CC(NOC(=[O+])c1ccc([C@]2(O)[C@H]3C[C@]2(C)C[C@@H]2CCCC[C@H]23)cc1)c1ccccc1. The van der Waals surface area contributed by atoms with Gasteiger partial charge in [-0.1, -0.05) is 68.7 Å². The molecule has 1 radical (unpaired) electrons. The summed E-state index contributed by atoms with van der Waals surface area (Å²) in [6, 6.07) is 17.2. The molecule has 3 fully saturated rings. The van der Waals surface area contributed by atoms with Gasteiger partial charge in [0.15, 0.2) is 0 Å². The van der Waals surface area contributed by atoms with Crippen molar-refractivity contribution in [2.24, 2.45) is 23.2 Å². The quantitative estimate of drug-likeness (QED) is 0.494. The average Bonchev–Trinajstić information content (AvgIpc) is 2.82. The maximum Gasteiger partial charge on any atom is 0.630 e. The van der Waals surface area contributed by atoms with Crippen LogP contribution in [-0.2, 0) is 10.4 Å². The van der Waals surface area contributed by atoms with Crippen LogP contribution in [-0.4, -0.2) is 11.1 Å². The van der Waals surface area contributed by atoms with Crippen molar-refractivity contribution in [3.63, 3.8) is 0 Å². The summed E-state index contributed by atoms with van der Waals surface area (Å²) in [7, 11) is 0. The number of hydrogen-bond donors (Lipinski definition) is 2. The van der Waals surface area contributed by atoms with Gasteiger partial charge in [-0.05, 0) is 72.7 Å². The van der Waals surface area contributed by atoms with Crippen molar-refractivity contribution in [2.75, 3.05) is 0 Å². The van der Waals surface area contributed by atoms with Crippen LogP contribution in [0.15, 0.2) is 54.6 Å². The summed E-state index contributed by atoms with van der Waals surface area (Å²) >= 11 is 0. The van der Waals surface area contributed by atoms with Gasteiger partial charge in [-0.15, -0.1) is 0 Å². The van der Waals surface area contributed by atoms with Crippen LogP contribution in [0.25, 0.3) is 0 Å². The van der Waals surface area contributed by atoms with E-state index in [2.05, 4.69) is 12.4 Å². The Morgan fingerprint density at radius 3 is 2.52 bits per heavy atom. The summed E-state index contributed by atoms with van der Waals surface area (Å²) in [6.45, 7) is 4.21. The Balaban J connectivity index is 1.27. The number of carbonyl (C=O) groups excluding carboxylic acids is 1. The second-order valence-electron chi connectivity index (χ2n) is 10.3. The van der Waals surface area contributed by atoms with Gasteiger partial charge in [0.05, 0.1) is 16.4 Å². The molecule has 0 spiro atoms. The molecule has 0 aliphatic heterocycles. The van der Waals surface area contributed by atoms with Crippen LogP contribution in [0.4, 0.5) is 0 Å². The topological polar surface area (TPSA) is 61.4 Å². The molecule has 163 valence electrons. The van der Waals surface area contributed by atoms with E-state index < -0.39 is 11.6 Å². The summed E-state index contributed by atoms with van der Waals surface area (Å²) in [5.74, 6) is 1.37. The first kappa shape index (κ1) is 20.7. The molecule has 4 heteroatoms. The number of nitrogens with one attached hydrogen (secondary N) is 1. The lowest BCUT2D eigenvalue weighted by atomic mass is 9.37. The van der Waals surface area contributed by atoms with Crippen molar-refractivity contribution < 1.29 is 14.7 Å². The highest BCUT2D eigenvalue weighted by Crippen LogP contribution is 2.71. The van der Waals surface area contributed by atoms with E-state index >= 15 is 0 Å². The molecule has 2 bridgehead atoms. The predicted octanol–water partition coefficient (Wildman–Crippen LogP) is 5.53. The minimum atomic E-state index is -0.770. The molecule has 0 amide bonds. The van der Waals surface area contributed by atoms with E-state index in [1.807, 2.05) is 49.4 Å². The number of aliphatic hydroxyl groups is 1. The maximum absolute atomic E-state index is 12.5. The normalized spacial score (nSPS) is 34.9. The molecular formula is C27H33NO3+. The number of carbonyl (C=O) groups is 1. The Morgan fingerprint density at radius 1 is 1.06 bits per heavy atom. The van der Waals surface area contributed by atoms with Crippen molar-refractivity contribution in [2.45, 2.75) is 64.0 Å².